The van der Waals surface area contributed by atoms with Gasteiger partial charge in [-0.3, -0.25) is 4.98 Å². The molecule has 2 aromatic rings. The third-order valence-corrected chi connectivity index (χ3v) is 3.85. The number of aryl methyl sites for hydroxylation is 1. The summed E-state index contributed by atoms with van der Waals surface area (Å²) in [6, 6.07) is 12.0. The fourth-order valence-electron chi connectivity index (χ4n) is 2.11. The quantitative estimate of drug-likeness (QED) is 0.922. The molecule has 0 aliphatic carbocycles. The lowest BCUT2D eigenvalue weighted by Crippen LogP contribution is -2.18. The SMILES string of the molecule is Cc1cccc(CN(C)c2ccc(C(C)O)cc2Br)n1. The van der Waals surface area contributed by atoms with E-state index in [0.717, 1.165) is 33.7 Å². The Hall–Kier alpha value is -1.39. The molecule has 0 saturated heterocycles. The monoisotopic (exact) mass is 334 g/mol. The first kappa shape index (κ1) is 15.0. The third-order valence-electron chi connectivity index (χ3n) is 3.21. The van der Waals surface area contributed by atoms with Crippen LogP contribution in [0.25, 0.3) is 0 Å². The first-order valence-electron chi connectivity index (χ1n) is 6.58. The molecule has 1 heterocycles. The first-order valence-corrected chi connectivity index (χ1v) is 7.38. The van der Waals surface area contributed by atoms with E-state index >= 15 is 0 Å². The van der Waals surface area contributed by atoms with Crippen LogP contribution in [0.3, 0.4) is 0 Å². The smallest absolute Gasteiger partial charge is 0.0762 e. The lowest BCUT2D eigenvalue weighted by Gasteiger charge is -2.21. The molecule has 1 aromatic heterocycles. The Morgan fingerprint density at radius 1 is 1.30 bits per heavy atom. The minimum Gasteiger partial charge on any atom is -0.389 e. The summed E-state index contributed by atoms with van der Waals surface area (Å²) in [5, 5.41) is 9.60. The topological polar surface area (TPSA) is 36.4 Å². The van der Waals surface area contributed by atoms with Crippen molar-refractivity contribution in [2.24, 2.45) is 0 Å². The number of aliphatic hydroxyl groups is 1. The zero-order valence-electron chi connectivity index (χ0n) is 12.0. The van der Waals surface area contributed by atoms with E-state index in [1.165, 1.54) is 0 Å². The Labute approximate surface area is 128 Å². The molecule has 0 spiro atoms. The Morgan fingerprint density at radius 3 is 2.65 bits per heavy atom. The highest BCUT2D eigenvalue weighted by atomic mass is 79.9. The summed E-state index contributed by atoms with van der Waals surface area (Å²) in [6.45, 7) is 4.51. The Kier molecular flexibility index (Phi) is 4.78. The highest BCUT2D eigenvalue weighted by Crippen LogP contribution is 2.29. The molecule has 0 bridgehead atoms. The summed E-state index contributed by atoms with van der Waals surface area (Å²) < 4.78 is 0.978. The van der Waals surface area contributed by atoms with E-state index in [2.05, 4.69) is 25.8 Å². The molecule has 1 unspecified atom stereocenters. The van der Waals surface area contributed by atoms with Gasteiger partial charge in [-0.05, 0) is 59.6 Å². The summed E-state index contributed by atoms with van der Waals surface area (Å²) in [5.41, 5.74) is 4.05. The van der Waals surface area contributed by atoms with Crippen LogP contribution in [0.15, 0.2) is 40.9 Å². The summed E-state index contributed by atoms with van der Waals surface area (Å²) >= 11 is 3.57. The van der Waals surface area contributed by atoms with E-state index in [4.69, 9.17) is 0 Å². The molecule has 1 aromatic carbocycles. The fraction of sp³-hybridized carbons (Fsp3) is 0.312. The maximum atomic E-state index is 9.60. The lowest BCUT2D eigenvalue weighted by molar-refractivity contribution is 0.199. The molecular weight excluding hydrogens is 316 g/mol. The van der Waals surface area contributed by atoms with Gasteiger partial charge in [-0.25, -0.2) is 0 Å². The van der Waals surface area contributed by atoms with E-state index in [0.29, 0.717) is 0 Å². The number of hydrogen-bond acceptors (Lipinski definition) is 3. The van der Waals surface area contributed by atoms with Crippen molar-refractivity contribution in [3.63, 3.8) is 0 Å². The molecule has 106 valence electrons. The fourth-order valence-corrected chi connectivity index (χ4v) is 2.81. The molecule has 0 amide bonds. The standard InChI is InChI=1S/C16H19BrN2O/c1-11-5-4-6-14(18-11)10-19(3)16-8-7-13(12(2)20)9-15(16)17/h4-9,12,20H,10H2,1-3H3. The second kappa shape index (κ2) is 6.37. The second-order valence-electron chi connectivity index (χ2n) is 5.01. The molecule has 0 fully saturated rings. The van der Waals surface area contributed by atoms with E-state index in [-0.39, 0.29) is 0 Å². The Morgan fingerprint density at radius 2 is 2.05 bits per heavy atom. The molecule has 4 heteroatoms. The van der Waals surface area contributed by atoms with Gasteiger partial charge in [0, 0.05) is 17.2 Å². The first-order chi connectivity index (χ1) is 9.47. The molecule has 0 radical (unpaired) electrons. The van der Waals surface area contributed by atoms with E-state index < -0.39 is 6.10 Å². The number of rotatable bonds is 4. The van der Waals surface area contributed by atoms with Crippen LogP contribution in [-0.4, -0.2) is 17.1 Å². The Balaban J connectivity index is 2.19. The van der Waals surface area contributed by atoms with E-state index in [1.807, 2.05) is 50.4 Å². The molecule has 0 aliphatic heterocycles. The number of nitrogens with zero attached hydrogens (tertiary/aromatic N) is 2. The summed E-state index contributed by atoms with van der Waals surface area (Å²) in [7, 11) is 2.03. The largest absolute Gasteiger partial charge is 0.389 e. The molecule has 1 atom stereocenters. The van der Waals surface area contributed by atoms with Gasteiger partial charge in [0.25, 0.3) is 0 Å². The summed E-state index contributed by atoms with van der Waals surface area (Å²) in [5.74, 6) is 0. The van der Waals surface area contributed by atoms with Gasteiger partial charge < -0.3 is 10.0 Å². The zero-order valence-corrected chi connectivity index (χ0v) is 13.6. The van der Waals surface area contributed by atoms with Gasteiger partial charge in [0.05, 0.1) is 24.0 Å². The summed E-state index contributed by atoms with van der Waals surface area (Å²) in [6.07, 6.45) is -0.455. The predicted octanol–water partition coefficient (Wildman–Crippen LogP) is 3.84. The average Bonchev–Trinajstić information content (AvgIpc) is 2.38. The van der Waals surface area contributed by atoms with Crippen LogP contribution in [0, 0.1) is 6.92 Å². The van der Waals surface area contributed by atoms with Crippen LogP contribution in [0.2, 0.25) is 0 Å². The average molecular weight is 335 g/mol. The number of aromatic nitrogens is 1. The molecular formula is C16H19BrN2O. The van der Waals surface area contributed by atoms with E-state index in [9.17, 15) is 5.11 Å². The van der Waals surface area contributed by atoms with Crippen molar-refractivity contribution in [1.29, 1.82) is 0 Å². The van der Waals surface area contributed by atoms with Crippen molar-refractivity contribution >= 4 is 21.6 Å². The molecule has 3 nitrogen and oxygen atoms in total. The highest BCUT2D eigenvalue weighted by molar-refractivity contribution is 9.10. The number of hydrogen-bond donors (Lipinski definition) is 1. The number of pyridine rings is 1. The number of anilines is 1. The van der Waals surface area contributed by atoms with Gasteiger partial charge in [-0.15, -0.1) is 0 Å². The molecule has 20 heavy (non-hydrogen) atoms. The third kappa shape index (κ3) is 3.58. The number of aliphatic hydroxyl groups excluding tert-OH is 1. The van der Waals surface area contributed by atoms with Crippen LogP contribution in [-0.2, 0) is 6.54 Å². The maximum absolute atomic E-state index is 9.60. The van der Waals surface area contributed by atoms with Crippen molar-refractivity contribution in [3.8, 4) is 0 Å². The Bertz CT molecular complexity index is 599. The van der Waals surface area contributed by atoms with Crippen molar-refractivity contribution in [2.75, 3.05) is 11.9 Å². The summed E-state index contributed by atoms with van der Waals surface area (Å²) in [4.78, 5) is 6.65. The lowest BCUT2D eigenvalue weighted by atomic mass is 10.1. The maximum Gasteiger partial charge on any atom is 0.0762 e. The minimum absolute atomic E-state index is 0.455. The van der Waals surface area contributed by atoms with Gasteiger partial charge in [0.2, 0.25) is 0 Å². The van der Waals surface area contributed by atoms with Gasteiger partial charge >= 0.3 is 0 Å². The predicted molar refractivity (Wildman–Crippen MR) is 85.9 cm³/mol. The van der Waals surface area contributed by atoms with E-state index in [1.54, 1.807) is 6.92 Å². The van der Waals surface area contributed by atoms with Gasteiger partial charge in [-0.1, -0.05) is 12.1 Å². The van der Waals surface area contributed by atoms with Gasteiger partial charge in [0.1, 0.15) is 0 Å². The van der Waals surface area contributed by atoms with Crippen LogP contribution in [0.1, 0.15) is 30.0 Å². The second-order valence-corrected chi connectivity index (χ2v) is 5.87. The van der Waals surface area contributed by atoms with Crippen LogP contribution in [0.4, 0.5) is 5.69 Å². The molecule has 0 aliphatic rings. The number of halogens is 1. The molecule has 1 N–H and O–H groups in total. The van der Waals surface area contributed by atoms with Crippen molar-refractivity contribution < 1.29 is 5.11 Å². The van der Waals surface area contributed by atoms with Crippen molar-refractivity contribution in [2.45, 2.75) is 26.5 Å². The van der Waals surface area contributed by atoms with Crippen molar-refractivity contribution in [1.82, 2.24) is 4.98 Å². The highest BCUT2D eigenvalue weighted by Gasteiger charge is 2.10. The molecule has 2 rings (SSSR count). The molecule has 0 saturated carbocycles. The minimum atomic E-state index is -0.455. The van der Waals surface area contributed by atoms with Crippen LogP contribution >= 0.6 is 15.9 Å². The number of benzene rings is 1. The van der Waals surface area contributed by atoms with Gasteiger partial charge in [-0.2, -0.15) is 0 Å². The van der Waals surface area contributed by atoms with Crippen LogP contribution in [0.5, 0.6) is 0 Å². The van der Waals surface area contributed by atoms with Crippen molar-refractivity contribution in [3.05, 3.63) is 57.8 Å². The van der Waals surface area contributed by atoms with Crippen LogP contribution < -0.4 is 4.90 Å². The normalized spacial score (nSPS) is 12.2. The zero-order chi connectivity index (χ0) is 14.7. The van der Waals surface area contributed by atoms with Gasteiger partial charge in [0.15, 0.2) is 0 Å².